The lowest BCUT2D eigenvalue weighted by Gasteiger charge is -2.10. The van der Waals surface area contributed by atoms with Crippen LogP contribution in [0.4, 0.5) is 8.78 Å². The standard InChI is InChI=1S/C14H13BF2O3/c1-9-4-12(16)2-3-14(9)20-8-10-5-11(15(18)19)7-13(17)6-10/h2-7,18-19H,8H2,1H3. The van der Waals surface area contributed by atoms with Gasteiger partial charge in [-0.1, -0.05) is 6.07 Å². The number of hydrogen-bond acceptors (Lipinski definition) is 3. The van der Waals surface area contributed by atoms with Crippen molar-refractivity contribution in [3.8, 4) is 5.75 Å². The summed E-state index contributed by atoms with van der Waals surface area (Å²) >= 11 is 0. The summed E-state index contributed by atoms with van der Waals surface area (Å²) in [6.45, 7) is 1.75. The fourth-order valence-electron chi connectivity index (χ4n) is 1.84. The van der Waals surface area contributed by atoms with E-state index in [4.69, 9.17) is 14.8 Å². The first-order valence-corrected chi connectivity index (χ1v) is 6.00. The average molecular weight is 278 g/mol. The van der Waals surface area contributed by atoms with Crippen LogP contribution in [0.15, 0.2) is 36.4 Å². The van der Waals surface area contributed by atoms with Crippen molar-refractivity contribution >= 4 is 12.6 Å². The molecule has 20 heavy (non-hydrogen) atoms. The zero-order valence-corrected chi connectivity index (χ0v) is 10.8. The Hall–Kier alpha value is -1.92. The van der Waals surface area contributed by atoms with E-state index in [0.717, 1.165) is 6.07 Å². The quantitative estimate of drug-likeness (QED) is 0.834. The van der Waals surface area contributed by atoms with Crippen molar-refractivity contribution in [3.05, 3.63) is 59.2 Å². The molecule has 6 heteroatoms. The zero-order valence-electron chi connectivity index (χ0n) is 10.8. The number of rotatable bonds is 4. The summed E-state index contributed by atoms with van der Waals surface area (Å²) in [5, 5.41) is 18.1. The molecule has 0 spiro atoms. The Labute approximate surface area is 115 Å². The van der Waals surface area contributed by atoms with E-state index in [0.29, 0.717) is 16.9 Å². The number of halogens is 2. The lowest BCUT2D eigenvalue weighted by molar-refractivity contribution is 0.303. The first-order chi connectivity index (χ1) is 9.45. The summed E-state index contributed by atoms with van der Waals surface area (Å²) in [5.41, 5.74) is 1.14. The summed E-state index contributed by atoms with van der Waals surface area (Å²) in [7, 11) is -1.74. The van der Waals surface area contributed by atoms with Crippen molar-refractivity contribution in [3.63, 3.8) is 0 Å². The zero-order chi connectivity index (χ0) is 14.7. The van der Waals surface area contributed by atoms with E-state index in [1.54, 1.807) is 6.92 Å². The normalized spacial score (nSPS) is 10.4. The second kappa shape index (κ2) is 6.03. The maximum atomic E-state index is 13.3. The van der Waals surface area contributed by atoms with Gasteiger partial charge in [0.1, 0.15) is 24.0 Å². The van der Waals surface area contributed by atoms with Gasteiger partial charge in [0.25, 0.3) is 0 Å². The van der Waals surface area contributed by atoms with E-state index in [1.165, 1.54) is 30.3 Å². The Bertz CT molecular complexity index is 617. The molecular weight excluding hydrogens is 265 g/mol. The van der Waals surface area contributed by atoms with Gasteiger partial charge in [-0.3, -0.25) is 0 Å². The molecular formula is C14H13BF2O3. The molecule has 0 aliphatic heterocycles. The Balaban J connectivity index is 2.14. The molecule has 0 aromatic heterocycles. The van der Waals surface area contributed by atoms with Crippen LogP contribution in [0.3, 0.4) is 0 Å². The third-order valence-electron chi connectivity index (χ3n) is 2.81. The van der Waals surface area contributed by atoms with E-state index in [-0.39, 0.29) is 17.9 Å². The van der Waals surface area contributed by atoms with Gasteiger partial charge in [0.2, 0.25) is 0 Å². The van der Waals surface area contributed by atoms with Gasteiger partial charge in [-0.05, 0) is 53.8 Å². The van der Waals surface area contributed by atoms with Crippen LogP contribution in [0.25, 0.3) is 0 Å². The van der Waals surface area contributed by atoms with E-state index < -0.39 is 12.9 Å². The van der Waals surface area contributed by atoms with Crippen LogP contribution in [-0.2, 0) is 6.61 Å². The molecule has 0 radical (unpaired) electrons. The third-order valence-corrected chi connectivity index (χ3v) is 2.81. The van der Waals surface area contributed by atoms with E-state index in [9.17, 15) is 8.78 Å². The van der Waals surface area contributed by atoms with Gasteiger partial charge in [0.15, 0.2) is 0 Å². The Morgan fingerprint density at radius 2 is 1.80 bits per heavy atom. The minimum absolute atomic E-state index is 0.0456. The predicted molar refractivity (Wildman–Crippen MR) is 71.7 cm³/mol. The maximum absolute atomic E-state index is 13.3. The average Bonchev–Trinajstić information content (AvgIpc) is 2.37. The molecule has 0 aliphatic carbocycles. The van der Waals surface area contributed by atoms with Crippen LogP contribution in [0.1, 0.15) is 11.1 Å². The van der Waals surface area contributed by atoms with Crippen LogP contribution in [0.5, 0.6) is 5.75 Å². The van der Waals surface area contributed by atoms with Crippen molar-refractivity contribution in [2.75, 3.05) is 0 Å². The smallest absolute Gasteiger partial charge is 0.488 e. The monoisotopic (exact) mass is 278 g/mol. The van der Waals surface area contributed by atoms with E-state index >= 15 is 0 Å². The Morgan fingerprint density at radius 3 is 2.45 bits per heavy atom. The molecule has 2 rings (SSSR count). The molecule has 0 heterocycles. The third kappa shape index (κ3) is 3.56. The molecule has 104 valence electrons. The molecule has 0 unspecified atom stereocenters. The SMILES string of the molecule is Cc1cc(F)ccc1OCc1cc(F)cc(B(O)O)c1. The van der Waals surface area contributed by atoms with Gasteiger partial charge in [0, 0.05) is 0 Å². The van der Waals surface area contributed by atoms with Crippen molar-refractivity contribution in [2.45, 2.75) is 13.5 Å². The predicted octanol–water partition coefficient (Wildman–Crippen LogP) is 1.53. The van der Waals surface area contributed by atoms with Gasteiger partial charge in [-0.25, -0.2) is 8.78 Å². The molecule has 0 amide bonds. The van der Waals surface area contributed by atoms with Crippen LogP contribution in [-0.4, -0.2) is 17.2 Å². The molecule has 2 N–H and O–H groups in total. The molecule has 0 saturated heterocycles. The summed E-state index contributed by atoms with van der Waals surface area (Å²) in [5.74, 6) is -0.446. The fourth-order valence-corrected chi connectivity index (χ4v) is 1.84. The molecule has 0 atom stereocenters. The van der Waals surface area contributed by atoms with Gasteiger partial charge in [-0.15, -0.1) is 0 Å². The number of ether oxygens (including phenoxy) is 1. The highest BCUT2D eigenvalue weighted by Crippen LogP contribution is 2.19. The summed E-state index contributed by atoms with van der Waals surface area (Å²) in [6.07, 6.45) is 0. The molecule has 2 aromatic carbocycles. The van der Waals surface area contributed by atoms with Gasteiger partial charge < -0.3 is 14.8 Å². The van der Waals surface area contributed by atoms with Crippen molar-refractivity contribution in [2.24, 2.45) is 0 Å². The maximum Gasteiger partial charge on any atom is 0.488 e. The van der Waals surface area contributed by atoms with Gasteiger partial charge >= 0.3 is 7.12 Å². The molecule has 0 fully saturated rings. The van der Waals surface area contributed by atoms with E-state index in [1.807, 2.05) is 0 Å². The topological polar surface area (TPSA) is 49.7 Å². The molecule has 0 saturated carbocycles. The highest BCUT2D eigenvalue weighted by atomic mass is 19.1. The van der Waals surface area contributed by atoms with Crippen molar-refractivity contribution in [1.29, 1.82) is 0 Å². The highest BCUT2D eigenvalue weighted by molar-refractivity contribution is 6.58. The fraction of sp³-hybridized carbons (Fsp3) is 0.143. The lowest BCUT2D eigenvalue weighted by atomic mass is 9.79. The van der Waals surface area contributed by atoms with Crippen LogP contribution < -0.4 is 10.2 Å². The molecule has 0 bridgehead atoms. The molecule has 3 nitrogen and oxygen atoms in total. The largest absolute Gasteiger partial charge is 0.489 e. The first-order valence-electron chi connectivity index (χ1n) is 6.00. The Morgan fingerprint density at radius 1 is 1.05 bits per heavy atom. The second-order valence-corrected chi connectivity index (χ2v) is 4.46. The second-order valence-electron chi connectivity index (χ2n) is 4.46. The van der Waals surface area contributed by atoms with Gasteiger partial charge in [0.05, 0.1) is 0 Å². The minimum Gasteiger partial charge on any atom is -0.489 e. The van der Waals surface area contributed by atoms with Crippen LogP contribution in [0.2, 0.25) is 0 Å². The van der Waals surface area contributed by atoms with Crippen molar-refractivity contribution < 1.29 is 23.6 Å². The number of aryl methyl sites for hydroxylation is 1. The molecule has 0 aliphatic rings. The van der Waals surface area contributed by atoms with Gasteiger partial charge in [-0.2, -0.15) is 0 Å². The first kappa shape index (κ1) is 14.5. The number of hydrogen-bond donors (Lipinski definition) is 2. The van der Waals surface area contributed by atoms with Crippen molar-refractivity contribution in [1.82, 2.24) is 0 Å². The van der Waals surface area contributed by atoms with Crippen LogP contribution in [0, 0.1) is 18.6 Å². The van der Waals surface area contributed by atoms with E-state index in [2.05, 4.69) is 0 Å². The summed E-state index contributed by atoms with van der Waals surface area (Å²) in [4.78, 5) is 0. The summed E-state index contributed by atoms with van der Waals surface area (Å²) in [6, 6.07) is 7.82. The molecule has 2 aromatic rings. The lowest BCUT2D eigenvalue weighted by Crippen LogP contribution is -2.30. The van der Waals surface area contributed by atoms with Crippen LogP contribution >= 0.6 is 0 Å². The summed E-state index contributed by atoms with van der Waals surface area (Å²) < 4.78 is 31.7. The Kier molecular flexibility index (Phi) is 4.37. The number of benzene rings is 2. The minimum atomic E-state index is -1.74. The highest BCUT2D eigenvalue weighted by Gasteiger charge is 2.13.